The minimum absolute atomic E-state index is 0.0884. The van der Waals surface area contributed by atoms with Crippen LogP contribution in [0.3, 0.4) is 0 Å². The van der Waals surface area contributed by atoms with Gasteiger partial charge in [-0.1, -0.05) is 24.9 Å². The van der Waals surface area contributed by atoms with Gasteiger partial charge in [-0.2, -0.15) is 0 Å². The molecule has 1 N–H and O–H groups in total. The summed E-state index contributed by atoms with van der Waals surface area (Å²) in [6, 6.07) is 5.52. The molecular weight excluding hydrogens is 284 g/mol. The topological polar surface area (TPSA) is 32.3 Å². The van der Waals surface area contributed by atoms with Crippen molar-refractivity contribution in [3.8, 4) is 0 Å². The van der Waals surface area contributed by atoms with E-state index in [1.807, 2.05) is 24.0 Å². The summed E-state index contributed by atoms with van der Waals surface area (Å²) >= 11 is 6.09. The minimum Gasteiger partial charge on any atom is -0.384 e. The number of halogens is 1. The first-order chi connectivity index (χ1) is 10.2. The first-order valence-electron chi connectivity index (χ1n) is 7.98. The third-order valence-electron chi connectivity index (χ3n) is 4.15. The van der Waals surface area contributed by atoms with Crippen LogP contribution in [0.4, 0.5) is 5.69 Å². The van der Waals surface area contributed by atoms with Crippen LogP contribution in [0, 0.1) is 5.92 Å². The number of carbonyl (C=O) groups excluding carboxylic acids is 1. The van der Waals surface area contributed by atoms with Crippen molar-refractivity contribution < 1.29 is 4.79 Å². The molecule has 0 saturated heterocycles. The van der Waals surface area contributed by atoms with Gasteiger partial charge in [-0.15, -0.1) is 0 Å². The number of benzene rings is 1. The van der Waals surface area contributed by atoms with Crippen molar-refractivity contribution in [1.29, 1.82) is 0 Å². The molecule has 1 amide bonds. The van der Waals surface area contributed by atoms with Crippen LogP contribution in [0.25, 0.3) is 0 Å². The van der Waals surface area contributed by atoms with E-state index in [4.69, 9.17) is 11.6 Å². The number of anilines is 1. The lowest BCUT2D eigenvalue weighted by molar-refractivity contribution is 0.0707. The number of nitrogens with zero attached hydrogens (tertiary/aromatic N) is 1. The lowest BCUT2D eigenvalue weighted by Crippen LogP contribution is -2.37. The molecule has 2 rings (SSSR count). The van der Waals surface area contributed by atoms with Gasteiger partial charge in [0.05, 0.1) is 5.56 Å². The highest BCUT2D eigenvalue weighted by Crippen LogP contribution is 2.28. The summed E-state index contributed by atoms with van der Waals surface area (Å²) in [5, 5.41) is 3.94. The molecule has 3 nitrogen and oxygen atoms in total. The summed E-state index contributed by atoms with van der Waals surface area (Å²) in [4.78, 5) is 14.8. The molecule has 0 aliphatic heterocycles. The summed E-state index contributed by atoms with van der Waals surface area (Å²) in [5.41, 5.74) is 1.58. The Bertz CT molecular complexity index is 486. The first kappa shape index (κ1) is 16.2. The van der Waals surface area contributed by atoms with Gasteiger partial charge in [-0.3, -0.25) is 4.79 Å². The Morgan fingerprint density at radius 3 is 2.71 bits per heavy atom. The molecule has 1 aromatic carbocycles. The summed E-state index contributed by atoms with van der Waals surface area (Å²) in [7, 11) is 0. The molecule has 1 aromatic rings. The van der Waals surface area contributed by atoms with E-state index in [1.165, 1.54) is 19.3 Å². The Hall–Kier alpha value is -1.22. The summed E-state index contributed by atoms with van der Waals surface area (Å²) in [6.07, 6.45) is 4.83. The van der Waals surface area contributed by atoms with Gasteiger partial charge in [0.1, 0.15) is 0 Å². The molecule has 0 unspecified atom stereocenters. The molecule has 1 fully saturated rings. The third kappa shape index (κ3) is 4.13. The molecule has 1 saturated carbocycles. The van der Waals surface area contributed by atoms with Crippen molar-refractivity contribution in [2.75, 3.05) is 25.0 Å². The third-order valence-corrected chi connectivity index (χ3v) is 4.38. The van der Waals surface area contributed by atoms with E-state index in [0.29, 0.717) is 16.5 Å². The number of rotatable bonds is 7. The molecule has 21 heavy (non-hydrogen) atoms. The smallest absolute Gasteiger partial charge is 0.256 e. The number of amides is 1. The van der Waals surface area contributed by atoms with E-state index in [0.717, 1.165) is 31.7 Å². The second-order valence-corrected chi connectivity index (χ2v) is 6.19. The summed E-state index contributed by atoms with van der Waals surface area (Å²) in [5.74, 6) is 0.769. The SMILES string of the molecule is CCCNc1ccc(Cl)cc1C(=O)N(CC)CC1CCC1. The van der Waals surface area contributed by atoms with E-state index in [2.05, 4.69) is 12.2 Å². The predicted octanol–water partition coefficient (Wildman–Crippen LogP) is 4.42. The zero-order chi connectivity index (χ0) is 15.2. The Morgan fingerprint density at radius 1 is 1.38 bits per heavy atom. The monoisotopic (exact) mass is 308 g/mol. The van der Waals surface area contributed by atoms with Crippen LogP contribution in [0.15, 0.2) is 18.2 Å². The fourth-order valence-corrected chi connectivity index (χ4v) is 2.79. The molecule has 0 atom stereocenters. The Balaban J connectivity index is 2.16. The fourth-order valence-electron chi connectivity index (χ4n) is 2.62. The number of carbonyl (C=O) groups is 1. The van der Waals surface area contributed by atoms with E-state index in [9.17, 15) is 4.79 Å². The summed E-state index contributed by atoms with van der Waals surface area (Å²) < 4.78 is 0. The lowest BCUT2D eigenvalue weighted by Gasteiger charge is -2.32. The molecule has 0 heterocycles. The Labute approximate surface area is 132 Å². The average molecular weight is 309 g/mol. The lowest BCUT2D eigenvalue weighted by atomic mass is 9.85. The molecule has 4 heteroatoms. The van der Waals surface area contributed by atoms with Crippen molar-refractivity contribution in [3.63, 3.8) is 0 Å². The van der Waals surface area contributed by atoms with Gasteiger partial charge >= 0.3 is 0 Å². The van der Waals surface area contributed by atoms with E-state index >= 15 is 0 Å². The van der Waals surface area contributed by atoms with Crippen LogP contribution in [-0.4, -0.2) is 30.4 Å². The number of nitrogens with one attached hydrogen (secondary N) is 1. The quantitative estimate of drug-likeness (QED) is 0.808. The van der Waals surface area contributed by atoms with Gasteiger partial charge in [0.2, 0.25) is 0 Å². The highest BCUT2D eigenvalue weighted by atomic mass is 35.5. The maximum atomic E-state index is 12.8. The largest absolute Gasteiger partial charge is 0.384 e. The fraction of sp³-hybridized carbons (Fsp3) is 0.588. The summed E-state index contributed by atoms with van der Waals surface area (Å²) in [6.45, 7) is 6.63. The van der Waals surface area contributed by atoms with E-state index < -0.39 is 0 Å². The van der Waals surface area contributed by atoms with Crippen LogP contribution in [0.2, 0.25) is 5.02 Å². The molecule has 1 aliphatic rings. The van der Waals surface area contributed by atoms with Crippen molar-refractivity contribution in [3.05, 3.63) is 28.8 Å². The number of hydrogen-bond acceptors (Lipinski definition) is 2. The second kappa shape index (κ2) is 7.69. The first-order valence-corrected chi connectivity index (χ1v) is 8.36. The van der Waals surface area contributed by atoms with Crippen LogP contribution in [0.5, 0.6) is 0 Å². The van der Waals surface area contributed by atoms with Gasteiger partial charge in [0, 0.05) is 30.3 Å². The highest BCUT2D eigenvalue weighted by Gasteiger charge is 2.24. The van der Waals surface area contributed by atoms with E-state index in [-0.39, 0.29) is 5.91 Å². The minimum atomic E-state index is 0.0884. The zero-order valence-electron chi connectivity index (χ0n) is 13.0. The van der Waals surface area contributed by atoms with Gasteiger partial charge < -0.3 is 10.2 Å². The van der Waals surface area contributed by atoms with Crippen molar-refractivity contribution in [1.82, 2.24) is 4.90 Å². The maximum absolute atomic E-state index is 12.8. The van der Waals surface area contributed by atoms with Crippen LogP contribution in [-0.2, 0) is 0 Å². The molecule has 0 bridgehead atoms. The maximum Gasteiger partial charge on any atom is 0.256 e. The average Bonchev–Trinajstić information content (AvgIpc) is 2.44. The zero-order valence-corrected chi connectivity index (χ0v) is 13.7. The normalized spacial score (nSPS) is 14.6. The van der Waals surface area contributed by atoms with Gasteiger partial charge in [0.25, 0.3) is 5.91 Å². The van der Waals surface area contributed by atoms with Crippen LogP contribution in [0.1, 0.15) is 49.9 Å². The molecule has 0 spiro atoms. The van der Waals surface area contributed by atoms with Gasteiger partial charge in [0.15, 0.2) is 0 Å². The standard InChI is InChI=1S/C17H25ClN2O/c1-3-10-19-16-9-8-14(18)11-15(16)17(21)20(4-2)12-13-6-5-7-13/h8-9,11,13,19H,3-7,10,12H2,1-2H3. The van der Waals surface area contributed by atoms with Gasteiger partial charge in [-0.05, 0) is 50.3 Å². The van der Waals surface area contributed by atoms with Crippen LogP contribution >= 0.6 is 11.6 Å². The van der Waals surface area contributed by atoms with Crippen LogP contribution < -0.4 is 5.32 Å². The van der Waals surface area contributed by atoms with Crippen molar-refractivity contribution in [2.45, 2.75) is 39.5 Å². The molecular formula is C17H25ClN2O. The number of hydrogen-bond donors (Lipinski definition) is 1. The molecule has 116 valence electrons. The Kier molecular flexibility index (Phi) is 5.92. The predicted molar refractivity (Wildman–Crippen MR) is 89.2 cm³/mol. The van der Waals surface area contributed by atoms with E-state index in [1.54, 1.807) is 6.07 Å². The molecule has 0 radical (unpaired) electrons. The highest BCUT2D eigenvalue weighted by molar-refractivity contribution is 6.31. The second-order valence-electron chi connectivity index (χ2n) is 5.76. The van der Waals surface area contributed by atoms with Gasteiger partial charge in [-0.25, -0.2) is 0 Å². The Morgan fingerprint density at radius 2 is 2.14 bits per heavy atom. The van der Waals surface area contributed by atoms with Crippen molar-refractivity contribution in [2.24, 2.45) is 5.92 Å². The molecule has 1 aliphatic carbocycles. The van der Waals surface area contributed by atoms with Crippen molar-refractivity contribution >= 4 is 23.2 Å². The molecule has 0 aromatic heterocycles.